The standard InChI is InChI=1S/C15H20Cl2N2O2/c1-15(10-14(20)21,19-7-5-18(2)6-8-19)12-9-11(16)3-4-13(12)17/h3-4,9H,5-8,10H2,1-2H3,(H,20,21). The van der Waals surface area contributed by atoms with Crippen LogP contribution in [0.1, 0.15) is 18.9 Å². The molecule has 0 radical (unpaired) electrons. The lowest BCUT2D eigenvalue weighted by atomic mass is 9.86. The third-order valence-corrected chi connectivity index (χ3v) is 4.77. The molecule has 1 aliphatic heterocycles. The van der Waals surface area contributed by atoms with E-state index in [0.717, 1.165) is 31.7 Å². The van der Waals surface area contributed by atoms with Crippen LogP contribution < -0.4 is 0 Å². The Kier molecular flexibility index (Phi) is 5.15. The van der Waals surface area contributed by atoms with Crippen molar-refractivity contribution in [2.75, 3.05) is 33.2 Å². The molecule has 0 aliphatic carbocycles. The Morgan fingerprint density at radius 1 is 1.29 bits per heavy atom. The summed E-state index contributed by atoms with van der Waals surface area (Å²) in [6.07, 6.45) is -0.00320. The summed E-state index contributed by atoms with van der Waals surface area (Å²) in [6, 6.07) is 5.24. The van der Waals surface area contributed by atoms with Gasteiger partial charge in [-0.3, -0.25) is 9.69 Å². The molecule has 1 atom stereocenters. The fourth-order valence-electron chi connectivity index (χ4n) is 2.88. The third-order valence-electron chi connectivity index (χ3n) is 4.21. The zero-order valence-corrected chi connectivity index (χ0v) is 13.8. The van der Waals surface area contributed by atoms with Crippen LogP contribution in [0, 0.1) is 0 Å². The molecule has 2 rings (SSSR count). The highest BCUT2D eigenvalue weighted by Crippen LogP contribution is 2.38. The lowest BCUT2D eigenvalue weighted by Gasteiger charge is -2.45. The van der Waals surface area contributed by atoms with Gasteiger partial charge in [0.2, 0.25) is 0 Å². The summed E-state index contributed by atoms with van der Waals surface area (Å²) in [5, 5.41) is 10.5. The molecular formula is C15H20Cl2N2O2. The van der Waals surface area contributed by atoms with Gasteiger partial charge in [-0.25, -0.2) is 0 Å². The number of likely N-dealkylation sites (N-methyl/N-ethyl adjacent to an activating group) is 1. The zero-order valence-electron chi connectivity index (χ0n) is 12.3. The van der Waals surface area contributed by atoms with E-state index in [0.29, 0.717) is 10.0 Å². The molecule has 21 heavy (non-hydrogen) atoms. The van der Waals surface area contributed by atoms with E-state index in [4.69, 9.17) is 23.2 Å². The van der Waals surface area contributed by atoms with Crippen molar-refractivity contribution in [2.24, 2.45) is 0 Å². The van der Waals surface area contributed by atoms with E-state index < -0.39 is 11.5 Å². The van der Waals surface area contributed by atoms with Crippen LogP contribution in [0.4, 0.5) is 0 Å². The van der Waals surface area contributed by atoms with Crippen molar-refractivity contribution < 1.29 is 9.90 Å². The number of carboxylic acid groups (broad SMARTS) is 1. The number of carboxylic acids is 1. The van der Waals surface area contributed by atoms with Gasteiger partial charge in [0.25, 0.3) is 0 Å². The first-order chi connectivity index (χ1) is 9.83. The summed E-state index contributed by atoms with van der Waals surface area (Å²) in [4.78, 5) is 15.8. The van der Waals surface area contributed by atoms with Crippen LogP contribution in [-0.4, -0.2) is 54.1 Å². The van der Waals surface area contributed by atoms with Gasteiger partial charge in [-0.2, -0.15) is 0 Å². The Labute approximate surface area is 135 Å². The van der Waals surface area contributed by atoms with Gasteiger partial charge in [0, 0.05) is 36.2 Å². The fourth-order valence-corrected chi connectivity index (χ4v) is 3.38. The molecule has 1 N–H and O–H groups in total. The highest BCUT2D eigenvalue weighted by atomic mass is 35.5. The van der Waals surface area contributed by atoms with E-state index in [9.17, 15) is 9.90 Å². The summed E-state index contributed by atoms with van der Waals surface area (Å²) in [5.74, 6) is -0.840. The van der Waals surface area contributed by atoms with E-state index in [-0.39, 0.29) is 6.42 Å². The molecule has 0 aromatic heterocycles. The maximum atomic E-state index is 11.4. The highest BCUT2D eigenvalue weighted by Gasteiger charge is 2.38. The minimum absolute atomic E-state index is 0.00320. The molecule has 0 saturated carbocycles. The summed E-state index contributed by atoms with van der Waals surface area (Å²) in [5.41, 5.74) is 0.123. The van der Waals surface area contributed by atoms with E-state index >= 15 is 0 Å². The van der Waals surface area contributed by atoms with Gasteiger partial charge in [-0.05, 0) is 37.7 Å². The molecule has 4 nitrogen and oxygen atoms in total. The maximum absolute atomic E-state index is 11.4. The molecule has 1 saturated heterocycles. The Hall–Kier alpha value is -0.810. The lowest BCUT2D eigenvalue weighted by molar-refractivity contribution is -0.140. The van der Waals surface area contributed by atoms with Crippen LogP contribution in [0.2, 0.25) is 10.0 Å². The van der Waals surface area contributed by atoms with Crippen molar-refractivity contribution in [3.8, 4) is 0 Å². The molecule has 1 aliphatic rings. The average molecular weight is 331 g/mol. The largest absolute Gasteiger partial charge is 0.481 e. The van der Waals surface area contributed by atoms with Crippen molar-refractivity contribution in [3.05, 3.63) is 33.8 Å². The van der Waals surface area contributed by atoms with Gasteiger partial charge < -0.3 is 10.0 Å². The summed E-state index contributed by atoms with van der Waals surface area (Å²) >= 11 is 12.4. The van der Waals surface area contributed by atoms with Crippen LogP contribution in [0.25, 0.3) is 0 Å². The van der Waals surface area contributed by atoms with Gasteiger partial charge in [0.15, 0.2) is 0 Å². The number of piperazine rings is 1. The van der Waals surface area contributed by atoms with Crippen molar-refractivity contribution >= 4 is 29.2 Å². The first kappa shape index (κ1) is 16.6. The number of hydrogen-bond acceptors (Lipinski definition) is 3. The molecule has 0 amide bonds. The summed E-state index contributed by atoms with van der Waals surface area (Å²) in [6.45, 7) is 5.37. The Morgan fingerprint density at radius 2 is 1.90 bits per heavy atom. The topological polar surface area (TPSA) is 43.8 Å². The molecule has 0 spiro atoms. The molecule has 0 bridgehead atoms. The molecule has 1 unspecified atom stereocenters. The predicted octanol–water partition coefficient (Wildman–Crippen LogP) is 2.93. The minimum atomic E-state index is -0.840. The maximum Gasteiger partial charge on any atom is 0.305 e. The van der Waals surface area contributed by atoms with Gasteiger partial charge in [-0.15, -0.1) is 0 Å². The Morgan fingerprint density at radius 3 is 2.48 bits per heavy atom. The van der Waals surface area contributed by atoms with Crippen molar-refractivity contribution in [1.82, 2.24) is 9.80 Å². The van der Waals surface area contributed by atoms with Crippen LogP contribution in [0.3, 0.4) is 0 Å². The quantitative estimate of drug-likeness (QED) is 0.921. The summed E-state index contributed by atoms with van der Waals surface area (Å²) in [7, 11) is 2.07. The first-order valence-corrected chi connectivity index (χ1v) is 7.69. The first-order valence-electron chi connectivity index (χ1n) is 6.94. The van der Waals surface area contributed by atoms with Gasteiger partial charge >= 0.3 is 5.97 Å². The molecule has 1 aromatic carbocycles. The molecule has 116 valence electrons. The fraction of sp³-hybridized carbons (Fsp3) is 0.533. The van der Waals surface area contributed by atoms with Gasteiger partial charge in [0.05, 0.1) is 12.0 Å². The molecule has 1 heterocycles. The third kappa shape index (κ3) is 3.69. The van der Waals surface area contributed by atoms with E-state index in [1.807, 2.05) is 6.92 Å². The number of aliphatic carboxylic acids is 1. The normalized spacial score (nSPS) is 20.2. The minimum Gasteiger partial charge on any atom is -0.481 e. The van der Waals surface area contributed by atoms with E-state index in [1.54, 1.807) is 18.2 Å². The molecule has 6 heteroatoms. The number of carbonyl (C=O) groups is 1. The second kappa shape index (κ2) is 6.53. The predicted molar refractivity (Wildman–Crippen MR) is 85.1 cm³/mol. The number of nitrogens with zero attached hydrogens (tertiary/aromatic N) is 2. The second-order valence-electron chi connectivity index (χ2n) is 5.76. The monoisotopic (exact) mass is 330 g/mol. The second-order valence-corrected chi connectivity index (χ2v) is 6.60. The lowest BCUT2D eigenvalue weighted by Crippen LogP contribution is -2.54. The number of benzene rings is 1. The highest BCUT2D eigenvalue weighted by molar-refractivity contribution is 6.33. The van der Waals surface area contributed by atoms with Crippen molar-refractivity contribution in [3.63, 3.8) is 0 Å². The molecule has 1 aromatic rings. The SMILES string of the molecule is CN1CCN(C(C)(CC(=O)O)c2cc(Cl)ccc2Cl)CC1. The number of rotatable bonds is 4. The number of halogens is 2. The van der Waals surface area contributed by atoms with E-state index in [1.165, 1.54) is 0 Å². The van der Waals surface area contributed by atoms with E-state index in [2.05, 4.69) is 16.8 Å². The van der Waals surface area contributed by atoms with Crippen LogP contribution >= 0.6 is 23.2 Å². The van der Waals surface area contributed by atoms with Crippen molar-refractivity contribution in [1.29, 1.82) is 0 Å². The average Bonchev–Trinajstić information content (AvgIpc) is 2.41. The Balaban J connectivity index is 2.41. The van der Waals surface area contributed by atoms with Crippen LogP contribution in [0.5, 0.6) is 0 Å². The molecule has 1 fully saturated rings. The summed E-state index contributed by atoms with van der Waals surface area (Å²) < 4.78 is 0. The Bertz CT molecular complexity index is 530. The van der Waals surface area contributed by atoms with Gasteiger partial charge in [0.1, 0.15) is 0 Å². The van der Waals surface area contributed by atoms with Crippen LogP contribution in [0.15, 0.2) is 18.2 Å². The van der Waals surface area contributed by atoms with Crippen molar-refractivity contribution in [2.45, 2.75) is 18.9 Å². The number of hydrogen-bond donors (Lipinski definition) is 1. The molecular weight excluding hydrogens is 311 g/mol. The smallest absolute Gasteiger partial charge is 0.305 e. The van der Waals surface area contributed by atoms with Gasteiger partial charge in [-0.1, -0.05) is 23.2 Å². The van der Waals surface area contributed by atoms with Crippen LogP contribution in [-0.2, 0) is 10.3 Å². The zero-order chi connectivity index (χ0) is 15.6.